The Labute approximate surface area is 127 Å². The Hall–Kier alpha value is -3.27. The van der Waals surface area contributed by atoms with Gasteiger partial charge in [0.05, 0.1) is 25.2 Å². The maximum atomic E-state index is 8.71. The van der Waals surface area contributed by atoms with Crippen LogP contribution < -0.4 is 0 Å². The van der Waals surface area contributed by atoms with Crippen molar-refractivity contribution in [1.82, 2.24) is 24.7 Å². The molecular weight excluding hydrogens is 278 g/mol. The number of aromatic nitrogens is 5. The van der Waals surface area contributed by atoms with Crippen LogP contribution in [0.25, 0.3) is 11.3 Å². The highest BCUT2D eigenvalue weighted by Gasteiger charge is 2.09. The van der Waals surface area contributed by atoms with Crippen LogP contribution in [-0.2, 0) is 6.54 Å². The summed E-state index contributed by atoms with van der Waals surface area (Å²) in [6.07, 6.45) is 7.03. The number of aryl methyl sites for hydroxylation is 1. The Morgan fingerprint density at radius 1 is 1.18 bits per heavy atom. The molecule has 0 spiro atoms. The highest BCUT2D eigenvalue weighted by atomic mass is 15.4. The molecule has 7 heteroatoms. The first-order chi connectivity index (χ1) is 10.9. The van der Waals surface area contributed by atoms with Crippen LogP contribution in [0.1, 0.15) is 12.0 Å². The molecule has 0 saturated carbocycles. The summed E-state index contributed by atoms with van der Waals surface area (Å²) >= 11 is 0. The summed E-state index contributed by atoms with van der Waals surface area (Å²) in [6.45, 7) is 0.552. The molecule has 7 nitrogen and oxygen atoms in total. The molecule has 0 fully saturated rings. The van der Waals surface area contributed by atoms with Crippen molar-refractivity contribution < 1.29 is 0 Å². The predicted molar refractivity (Wildman–Crippen MR) is 80.9 cm³/mol. The molecule has 0 aliphatic heterocycles. The lowest BCUT2D eigenvalue weighted by molar-refractivity contribution is 0.629. The number of benzene rings is 1. The van der Waals surface area contributed by atoms with Crippen LogP contribution in [0.4, 0.5) is 0 Å². The van der Waals surface area contributed by atoms with Gasteiger partial charge in [-0.05, 0) is 0 Å². The normalized spacial score (nSPS) is 10.9. The maximum absolute atomic E-state index is 8.71. The van der Waals surface area contributed by atoms with Gasteiger partial charge in [-0.2, -0.15) is 15.5 Å². The Balaban J connectivity index is 1.96. The van der Waals surface area contributed by atoms with Crippen molar-refractivity contribution in [3.05, 3.63) is 54.7 Å². The zero-order chi connectivity index (χ0) is 15.2. The van der Waals surface area contributed by atoms with E-state index in [1.165, 1.54) is 17.3 Å². The summed E-state index contributed by atoms with van der Waals surface area (Å²) in [5, 5.41) is 24.9. The molecule has 0 radical (unpaired) electrons. The first-order valence-electron chi connectivity index (χ1n) is 6.75. The van der Waals surface area contributed by atoms with Gasteiger partial charge in [-0.15, -0.1) is 10.2 Å². The molecule has 0 amide bonds. The number of hydrogen-bond acceptors (Lipinski definition) is 5. The summed E-state index contributed by atoms with van der Waals surface area (Å²) in [4.78, 5) is 0. The number of nitrogens with zero attached hydrogens (tertiary/aromatic N) is 7. The smallest absolute Gasteiger partial charge is 0.141 e. The topological polar surface area (TPSA) is 84.7 Å². The molecule has 3 aromatic rings. The monoisotopic (exact) mass is 291 g/mol. The van der Waals surface area contributed by atoms with Crippen LogP contribution in [0.5, 0.6) is 0 Å². The molecule has 108 valence electrons. The first-order valence-corrected chi connectivity index (χ1v) is 6.75. The van der Waals surface area contributed by atoms with E-state index in [0.717, 1.165) is 16.8 Å². The van der Waals surface area contributed by atoms with Gasteiger partial charge in [0.1, 0.15) is 18.3 Å². The van der Waals surface area contributed by atoms with E-state index in [0.29, 0.717) is 13.0 Å². The predicted octanol–water partition coefficient (Wildman–Crippen LogP) is 1.94. The van der Waals surface area contributed by atoms with Gasteiger partial charge in [0.25, 0.3) is 0 Å². The Kier molecular flexibility index (Phi) is 4.02. The Morgan fingerprint density at radius 2 is 1.95 bits per heavy atom. The number of rotatable bonds is 5. The molecule has 0 N–H and O–H groups in total. The van der Waals surface area contributed by atoms with Crippen molar-refractivity contribution in [1.29, 1.82) is 5.26 Å². The SMILES string of the molecule is N#CCCn1cc(/C=N\n2cnnc2)c(-c2ccccc2)n1. The highest BCUT2D eigenvalue weighted by Crippen LogP contribution is 2.20. The van der Waals surface area contributed by atoms with Crippen molar-refractivity contribution >= 4 is 6.21 Å². The van der Waals surface area contributed by atoms with Crippen molar-refractivity contribution in [3.63, 3.8) is 0 Å². The molecule has 2 aromatic heterocycles. The fraction of sp³-hybridized carbons (Fsp3) is 0.133. The van der Waals surface area contributed by atoms with Gasteiger partial charge in [0.15, 0.2) is 0 Å². The van der Waals surface area contributed by atoms with Crippen molar-refractivity contribution in [2.24, 2.45) is 5.10 Å². The molecule has 0 aliphatic rings. The molecule has 1 aromatic carbocycles. The second kappa shape index (κ2) is 6.45. The summed E-state index contributed by atoms with van der Waals surface area (Å²) in [5.74, 6) is 0. The fourth-order valence-electron chi connectivity index (χ4n) is 2.01. The van der Waals surface area contributed by atoms with E-state index < -0.39 is 0 Å². The molecule has 0 saturated heterocycles. The van der Waals surface area contributed by atoms with Crippen molar-refractivity contribution in [2.45, 2.75) is 13.0 Å². The standard InChI is InChI=1S/C15H13N7/c16-7-4-8-21-10-14(9-19-22-11-17-18-12-22)15(20-21)13-5-2-1-3-6-13/h1-3,5-6,9-12H,4,8H2/b19-9-. The molecule has 3 rings (SSSR count). The van der Waals surface area contributed by atoms with Crippen LogP contribution in [0.2, 0.25) is 0 Å². The van der Waals surface area contributed by atoms with E-state index >= 15 is 0 Å². The van der Waals surface area contributed by atoms with Crippen LogP contribution in [0.3, 0.4) is 0 Å². The molecule has 2 heterocycles. The van der Waals surface area contributed by atoms with E-state index in [-0.39, 0.29) is 0 Å². The summed E-state index contributed by atoms with van der Waals surface area (Å²) in [5.41, 5.74) is 2.71. The number of nitriles is 1. The summed E-state index contributed by atoms with van der Waals surface area (Å²) < 4.78 is 3.28. The average Bonchev–Trinajstić information content (AvgIpc) is 3.21. The lowest BCUT2D eigenvalue weighted by Gasteiger charge is -1.98. The van der Waals surface area contributed by atoms with Gasteiger partial charge in [-0.1, -0.05) is 30.3 Å². The lowest BCUT2D eigenvalue weighted by Crippen LogP contribution is -1.97. The van der Waals surface area contributed by atoms with Gasteiger partial charge in [0, 0.05) is 17.3 Å². The van der Waals surface area contributed by atoms with Crippen LogP contribution >= 0.6 is 0 Å². The lowest BCUT2D eigenvalue weighted by atomic mass is 10.1. The van der Waals surface area contributed by atoms with Gasteiger partial charge >= 0.3 is 0 Å². The highest BCUT2D eigenvalue weighted by molar-refractivity contribution is 5.88. The second-order valence-electron chi connectivity index (χ2n) is 4.56. The third-order valence-corrected chi connectivity index (χ3v) is 3.03. The third-order valence-electron chi connectivity index (χ3n) is 3.03. The van der Waals surface area contributed by atoms with E-state index in [1.54, 1.807) is 10.9 Å². The average molecular weight is 291 g/mol. The van der Waals surface area contributed by atoms with E-state index in [9.17, 15) is 0 Å². The van der Waals surface area contributed by atoms with Crippen LogP contribution in [0.15, 0.2) is 54.3 Å². The van der Waals surface area contributed by atoms with Gasteiger partial charge in [-0.25, -0.2) is 4.68 Å². The van der Waals surface area contributed by atoms with Crippen LogP contribution in [0, 0.1) is 11.3 Å². The zero-order valence-electron chi connectivity index (χ0n) is 11.7. The Morgan fingerprint density at radius 3 is 2.68 bits per heavy atom. The molecular formula is C15H13N7. The molecule has 0 unspecified atom stereocenters. The third kappa shape index (κ3) is 3.07. The fourth-order valence-corrected chi connectivity index (χ4v) is 2.01. The Bertz CT molecular complexity index is 794. The molecule has 0 bridgehead atoms. The minimum Gasteiger partial charge on any atom is -0.270 e. The zero-order valence-corrected chi connectivity index (χ0v) is 11.7. The van der Waals surface area contributed by atoms with Crippen molar-refractivity contribution in [2.75, 3.05) is 0 Å². The summed E-state index contributed by atoms with van der Waals surface area (Å²) in [7, 11) is 0. The molecule has 0 aliphatic carbocycles. The van der Waals surface area contributed by atoms with Gasteiger partial charge in [0.2, 0.25) is 0 Å². The quantitative estimate of drug-likeness (QED) is 0.672. The minimum atomic E-state index is 0.415. The largest absolute Gasteiger partial charge is 0.270 e. The van der Waals surface area contributed by atoms with Gasteiger partial charge in [-0.3, -0.25) is 4.68 Å². The number of hydrogen-bond donors (Lipinski definition) is 0. The summed E-state index contributed by atoms with van der Waals surface area (Å²) in [6, 6.07) is 12.0. The van der Waals surface area contributed by atoms with E-state index in [4.69, 9.17) is 5.26 Å². The molecule has 0 atom stereocenters. The van der Waals surface area contributed by atoms with Crippen molar-refractivity contribution in [3.8, 4) is 17.3 Å². The van der Waals surface area contributed by atoms with E-state index in [1.807, 2.05) is 36.5 Å². The minimum absolute atomic E-state index is 0.415. The first kappa shape index (κ1) is 13.7. The maximum Gasteiger partial charge on any atom is 0.141 e. The second-order valence-corrected chi connectivity index (χ2v) is 4.56. The van der Waals surface area contributed by atoms with Crippen LogP contribution in [-0.4, -0.2) is 30.9 Å². The van der Waals surface area contributed by atoms with Gasteiger partial charge < -0.3 is 0 Å². The van der Waals surface area contributed by atoms with E-state index in [2.05, 4.69) is 26.5 Å². The molecule has 22 heavy (non-hydrogen) atoms.